The van der Waals surface area contributed by atoms with Gasteiger partial charge in [0, 0.05) is 36.6 Å². The topological polar surface area (TPSA) is 74.8 Å². The molecule has 44 heavy (non-hydrogen) atoms. The molecule has 1 saturated carbocycles. The Hall–Kier alpha value is -3.45. The predicted octanol–water partition coefficient (Wildman–Crippen LogP) is 8.20. The highest BCUT2D eigenvalue weighted by atomic mass is 35.5. The second-order valence-electron chi connectivity index (χ2n) is 12.8. The van der Waals surface area contributed by atoms with E-state index in [2.05, 4.69) is 33.2 Å². The van der Waals surface area contributed by atoms with Crippen LogP contribution >= 0.6 is 11.6 Å². The third kappa shape index (κ3) is 8.17. The Morgan fingerprint density at radius 2 is 1.86 bits per heavy atom. The molecule has 0 aliphatic heterocycles. The van der Waals surface area contributed by atoms with E-state index in [9.17, 15) is 4.79 Å². The summed E-state index contributed by atoms with van der Waals surface area (Å²) in [5.41, 5.74) is 3.19. The highest BCUT2D eigenvalue weighted by molar-refractivity contribution is 6.31. The van der Waals surface area contributed by atoms with Gasteiger partial charge in [0.25, 0.3) is 0 Å². The van der Waals surface area contributed by atoms with Gasteiger partial charge >= 0.3 is 5.97 Å². The normalized spacial score (nSPS) is 15.2. The molecule has 4 aromatic rings. The van der Waals surface area contributed by atoms with Gasteiger partial charge in [-0.1, -0.05) is 97.8 Å². The van der Waals surface area contributed by atoms with Gasteiger partial charge in [0.15, 0.2) is 0 Å². The first-order valence-corrected chi connectivity index (χ1v) is 16.6. The van der Waals surface area contributed by atoms with Gasteiger partial charge in [0.2, 0.25) is 0 Å². The second kappa shape index (κ2) is 15.0. The first kappa shape index (κ1) is 32.0. The molecule has 2 aromatic heterocycles. The molecule has 0 bridgehead atoms. The summed E-state index contributed by atoms with van der Waals surface area (Å²) in [5.74, 6) is 1.47. The molecule has 1 unspecified atom stereocenters. The van der Waals surface area contributed by atoms with Crippen LogP contribution in [-0.4, -0.2) is 30.5 Å². The van der Waals surface area contributed by atoms with Crippen LogP contribution in [0.1, 0.15) is 99.8 Å². The maximum absolute atomic E-state index is 13.7. The molecule has 2 aromatic carbocycles. The molecular weight excluding hydrogens is 570 g/mol. The fraction of sp³-hybridized carbons (Fsp3) is 0.500. The molecule has 1 atom stereocenters. The highest BCUT2D eigenvalue weighted by Gasteiger charge is 2.39. The van der Waals surface area contributed by atoms with Crippen LogP contribution in [0, 0.1) is 11.3 Å². The van der Waals surface area contributed by atoms with Gasteiger partial charge in [-0.15, -0.1) is 5.10 Å². The molecule has 1 aliphatic rings. The minimum absolute atomic E-state index is 0.123. The molecule has 0 N–H and O–H groups in total. The van der Waals surface area contributed by atoms with Crippen molar-refractivity contribution in [3.05, 3.63) is 100 Å². The molecule has 0 saturated heterocycles. The summed E-state index contributed by atoms with van der Waals surface area (Å²) in [4.78, 5) is 18.4. The highest BCUT2D eigenvalue weighted by Crippen LogP contribution is 2.41. The van der Waals surface area contributed by atoms with E-state index in [0.717, 1.165) is 52.6 Å². The van der Waals surface area contributed by atoms with Gasteiger partial charge in [-0.25, -0.2) is 4.98 Å². The quantitative estimate of drug-likeness (QED) is 0.112. The van der Waals surface area contributed by atoms with Crippen LogP contribution in [0.3, 0.4) is 0 Å². The van der Waals surface area contributed by atoms with Crippen molar-refractivity contribution >= 4 is 17.6 Å². The number of carbonyl (C=O) groups excluding carboxylic acids is 1. The Morgan fingerprint density at radius 3 is 2.59 bits per heavy atom. The number of halogens is 1. The van der Waals surface area contributed by atoms with Crippen molar-refractivity contribution in [3.63, 3.8) is 0 Å². The molecule has 7 nitrogen and oxygen atoms in total. The molecule has 2 heterocycles. The summed E-state index contributed by atoms with van der Waals surface area (Å²) in [6.45, 7) is 7.68. The number of hydrogen-bond donors (Lipinski definition) is 0. The molecule has 0 amide bonds. The van der Waals surface area contributed by atoms with Crippen LogP contribution in [0.4, 0.5) is 0 Å². The monoisotopic (exact) mass is 615 g/mol. The van der Waals surface area contributed by atoms with E-state index in [1.165, 1.54) is 38.5 Å². The zero-order valence-corrected chi connectivity index (χ0v) is 27.2. The van der Waals surface area contributed by atoms with Crippen LogP contribution in [0.25, 0.3) is 0 Å². The van der Waals surface area contributed by atoms with Crippen molar-refractivity contribution in [2.75, 3.05) is 0 Å². The molecule has 8 heteroatoms. The van der Waals surface area contributed by atoms with Gasteiger partial charge in [-0.2, -0.15) is 0 Å². The van der Waals surface area contributed by atoms with Crippen molar-refractivity contribution < 1.29 is 9.53 Å². The van der Waals surface area contributed by atoms with Crippen molar-refractivity contribution in [2.24, 2.45) is 11.3 Å². The maximum Gasteiger partial charge on any atom is 0.312 e. The van der Waals surface area contributed by atoms with Crippen LogP contribution in [0.5, 0.6) is 0 Å². The summed E-state index contributed by atoms with van der Waals surface area (Å²) < 4.78 is 9.97. The predicted molar refractivity (Wildman–Crippen MR) is 174 cm³/mol. The number of rotatable bonds is 13. The standard InChI is InChI=1S/C36H46ClN5O2/c1-4-42-25-31(39-40-42)17-18-32(36(2,3)35(43)44-26-28-14-10-7-11-15-28)29-16-19-33(37)30(23-29)24-41-21-20-38-34(41)22-27-12-8-5-6-9-13-27/h7,10-11,14-16,19-21,23,25,27,32H,4-6,8-9,12-13,17-18,22,24,26H2,1-3H3. The maximum atomic E-state index is 13.7. The molecule has 1 aliphatic carbocycles. The number of hydrogen-bond acceptors (Lipinski definition) is 5. The zero-order valence-electron chi connectivity index (χ0n) is 26.4. The minimum Gasteiger partial charge on any atom is -0.460 e. The Balaban J connectivity index is 1.38. The van der Waals surface area contributed by atoms with Crippen LogP contribution in [0.2, 0.25) is 5.02 Å². The average molecular weight is 616 g/mol. The summed E-state index contributed by atoms with van der Waals surface area (Å²) >= 11 is 6.82. The van der Waals surface area contributed by atoms with Crippen molar-refractivity contribution in [1.29, 1.82) is 0 Å². The van der Waals surface area contributed by atoms with Gasteiger partial charge in [0.05, 0.1) is 17.7 Å². The van der Waals surface area contributed by atoms with Crippen LogP contribution in [0.15, 0.2) is 67.1 Å². The lowest BCUT2D eigenvalue weighted by molar-refractivity contribution is -0.156. The Kier molecular flexibility index (Phi) is 10.9. The molecule has 5 rings (SSSR count). The number of aryl methyl sites for hydroxylation is 2. The largest absolute Gasteiger partial charge is 0.460 e. The third-order valence-corrected chi connectivity index (χ3v) is 9.64. The summed E-state index contributed by atoms with van der Waals surface area (Å²) in [7, 11) is 0. The smallest absolute Gasteiger partial charge is 0.312 e. The number of carbonyl (C=O) groups is 1. The lowest BCUT2D eigenvalue weighted by Gasteiger charge is -2.33. The molecule has 1 fully saturated rings. The van der Waals surface area contributed by atoms with Crippen molar-refractivity contribution in [2.45, 2.75) is 104 Å². The van der Waals surface area contributed by atoms with E-state index >= 15 is 0 Å². The second-order valence-corrected chi connectivity index (χ2v) is 13.2. The van der Waals surface area contributed by atoms with E-state index in [1.807, 2.05) is 74.2 Å². The van der Waals surface area contributed by atoms with Gasteiger partial charge in [-0.3, -0.25) is 9.48 Å². The Morgan fingerprint density at radius 1 is 1.09 bits per heavy atom. The van der Waals surface area contributed by atoms with E-state index in [-0.39, 0.29) is 18.5 Å². The summed E-state index contributed by atoms with van der Waals surface area (Å²) in [5, 5.41) is 9.30. The molecule has 234 valence electrons. The summed E-state index contributed by atoms with van der Waals surface area (Å²) in [6, 6.07) is 16.0. The Bertz CT molecular complexity index is 1490. The zero-order chi connectivity index (χ0) is 30.9. The van der Waals surface area contributed by atoms with E-state index < -0.39 is 5.41 Å². The summed E-state index contributed by atoms with van der Waals surface area (Å²) in [6.07, 6.45) is 16.3. The number of ether oxygens (including phenoxy) is 1. The van der Waals surface area contributed by atoms with Gasteiger partial charge < -0.3 is 9.30 Å². The lowest BCUT2D eigenvalue weighted by atomic mass is 9.72. The van der Waals surface area contributed by atoms with Gasteiger partial charge in [-0.05, 0) is 68.2 Å². The van der Waals surface area contributed by atoms with E-state index in [1.54, 1.807) is 0 Å². The number of nitrogens with zero attached hydrogens (tertiary/aromatic N) is 5. The molecule has 0 radical (unpaired) electrons. The number of benzene rings is 2. The van der Waals surface area contributed by atoms with Crippen molar-refractivity contribution in [1.82, 2.24) is 24.5 Å². The van der Waals surface area contributed by atoms with E-state index in [4.69, 9.17) is 21.3 Å². The third-order valence-electron chi connectivity index (χ3n) is 9.27. The average Bonchev–Trinajstić information content (AvgIpc) is 3.60. The molecule has 0 spiro atoms. The first-order chi connectivity index (χ1) is 21.3. The fourth-order valence-corrected chi connectivity index (χ4v) is 6.69. The Labute approximate surface area is 267 Å². The van der Waals surface area contributed by atoms with Crippen LogP contribution < -0.4 is 0 Å². The fourth-order valence-electron chi connectivity index (χ4n) is 6.51. The van der Waals surface area contributed by atoms with Crippen molar-refractivity contribution in [3.8, 4) is 0 Å². The number of aromatic nitrogens is 5. The number of imidazole rings is 1. The van der Waals surface area contributed by atoms with Gasteiger partial charge in [0.1, 0.15) is 12.4 Å². The SMILES string of the molecule is CCn1cc(CCC(c2ccc(Cl)c(Cn3ccnc3CC3CCCCCC3)c2)C(C)(C)C(=O)OCc2ccccc2)nn1. The van der Waals surface area contributed by atoms with E-state index in [0.29, 0.717) is 18.9 Å². The minimum atomic E-state index is -0.791. The van der Waals surface area contributed by atoms with Crippen LogP contribution in [-0.2, 0) is 42.1 Å². The number of esters is 1. The molecular formula is C36H46ClN5O2. The lowest BCUT2D eigenvalue weighted by Crippen LogP contribution is -2.34. The first-order valence-electron chi connectivity index (χ1n) is 16.2.